The van der Waals surface area contributed by atoms with Crippen molar-refractivity contribution >= 4 is 34.3 Å². The van der Waals surface area contributed by atoms with E-state index in [2.05, 4.69) is 10.6 Å². The summed E-state index contributed by atoms with van der Waals surface area (Å²) in [6.45, 7) is 1.42. The molecule has 1 heterocycles. The molecule has 3 rings (SSSR count). The summed E-state index contributed by atoms with van der Waals surface area (Å²) in [5.41, 5.74) is 3.09. The van der Waals surface area contributed by atoms with Crippen LogP contribution in [0.15, 0.2) is 51.7 Å². The van der Waals surface area contributed by atoms with E-state index in [4.69, 9.17) is 4.42 Å². The molecule has 2 N–H and O–H groups in total. The smallest absolute Gasteiger partial charge is 0.408 e. The predicted octanol–water partition coefficient (Wildman–Crippen LogP) is 2.27. The molecule has 7 nitrogen and oxygen atoms in total. The summed E-state index contributed by atoms with van der Waals surface area (Å²) in [6, 6.07) is 12.1. The van der Waals surface area contributed by atoms with Crippen molar-refractivity contribution in [2.24, 2.45) is 7.05 Å². The summed E-state index contributed by atoms with van der Waals surface area (Å²) in [5, 5.41) is 5.45. The molecule has 0 atom stereocenters. The van der Waals surface area contributed by atoms with E-state index in [9.17, 15) is 14.4 Å². The van der Waals surface area contributed by atoms with Crippen molar-refractivity contribution in [1.82, 2.24) is 4.57 Å². The number of anilines is 2. The summed E-state index contributed by atoms with van der Waals surface area (Å²) >= 11 is 0. The lowest BCUT2D eigenvalue weighted by Crippen LogP contribution is -2.15. The molecule has 0 unspecified atom stereocenters. The fourth-order valence-electron chi connectivity index (χ4n) is 2.55. The topological polar surface area (TPSA) is 93.3 Å². The average molecular weight is 339 g/mol. The molecule has 25 heavy (non-hydrogen) atoms. The third kappa shape index (κ3) is 3.77. The normalized spacial score (nSPS) is 10.6. The summed E-state index contributed by atoms with van der Waals surface area (Å²) in [7, 11) is 1.62. The maximum absolute atomic E-state index is 12.3. The monoisotopic (exact) mass is 339 g/mol. The number of fused-ring (bicyclic) bond motifs is 1. The van der Waals surface area contributed by atoms with Crippen LogP contribution < -0.4 is 16.4 Å². The molecule has 0 radical (unpaired) electrons. The molecule has 0 aliphatic carbocycles. The second-order valence-electron chi connectivity index (χ2n) is 5.72. The van der Waals surface area contributed by atoms with Gasteiger partial charge in [-0.15, -0.1) is 0 Å². The minimum absolute atomic E-state index is 0.152. The minimum Gasteiger partial charge on any atom is -0.408 e. The van der Waals surface area contributed by atoms with Gasteiger partial charge in [-0.25, -0.2) is 4.79 Å². The number of nitrogens with zero attached hydrogens (tertiary/aromatic N) is 1. The highest BCUT2D eigenvalue weighted by Gasteiger charge is 2.10. The number of hydrogen-bond donors (Lipinski definition) is 2. The Hall–Kier alpha value is -3.35. The largest absolute Gasteiger partial charge is 0.419 e. The molecular formula is C18H17N3O4. The van der Waals surface area contributed by atoms with Gasteiger partial charge in [-0.05, 0) is 35.9 Å². The minimum atomic E-state index is -0.439. The highest BCUT2D eigenvalue weighted by atomic mass is 16.4. The van der Waals surface area contributed by atoms with Crippen LogP contribution in [0.2, 0.25) is 0 Å². The lowest BCUT2D eigenvalue weighted by Gasteiger charge is -2.08. The number of benzene rings is 2. The van der Waals surface area contributed by atoms with Gasteiger partial charge in [-0.3, -0.25) is 14.2 Å². The lowest BCUT2D eigenvalue weighted by atomic mass is 10.1. The molecule has 0 saturated heterocycles. The number of aryl methyl sites for hydroxylation is 1. The van der Waals surface area contributed by atoms with Gasteiger partial charge in [-0.2, -0.15) is 0 Å². The molecule has 2 aromatic carbocycles. The first-order valence-electron chi connectivity index (χ1n) is 7.68. The van der Waals surface area contributed by atoms with E-state index >= 15 is 0 Å². The highest BCUT2D eigenvalue weighted by Crippen LogP contribution is 2.17. The first-order valence-corrected chi connectivity index (χ1v) is 7.68. The maximum atomic E-state index is 12.3. The summed E-state index contributed by atoms with van der Waals surface area (Å²) in [6.07, 6.45) is 0.152. The summed E-state index contributed by atoms with van der Waals surface area (Å²) in [5.74, 6) is -0.818. The van der Waals surface area contributed by atoms with Crippen molar-refractivity contribution in [3.05, 3.63) is 58.6 Å². The van der Waals surface area contributed by atoms with E-state index in [0.29, 0.717) is 22.5 Å². The van der Waals surface area contributed by atoms with Crippen molar-refractivity contribution in [1.29, 1.82) is 0 Å². The molecule has 3 aromatic rings. The Labute approximate surface area is 143 Å². The van der Waals surface area contributed by atoms with Crippen LogP contribution in [-0.2, 0) is 23.1 Å². The Morgan fingerprint density at radius 1 is 1.08 bits per heavy atom. The van der Waals surface area contributed by atoms with Crippen molar-refractivity contribution < 1.29 is 14.0 Å². The quantitative estimate of drug-likeness (QED) is 0.762. The van der Waals surface area contributed by atoms with Gasteiger partial charge in [0.25, 0.3) is 0 Å². The van der Waals surface area contributed by atoms with Crippen LogP contribution in [0.25, 0.3) is 11.1 Å². The molecule has 1 aromatic heterocycles. The SMILES string of the molecule is CC(=O)Nc1cccc(NC(=O)Cc2ccc3oc(=O)n(C)c3c2)c1. The van der Waals surface area contributed by atoms with Crippen LogP contribution in [0, 0.1) is 0 Å². The van der Waals surface area contributed by atoms with E-state index in [-0.39, 0.29) is 18.2 Å². The third-order valence-corrected chi connectivity index (χ3v) is 3.69. The average Bonchev–Trinajstić information content (AvgIpc) is 2.82. The predicted molar refractivity (Wildman–Crippen MR) is 94.5 cm³/mol. The van der Waals surface area contributed by atoms with Gasteiger partial charge >= 0.3 is 5.76 Å². The number of rotatable bonds is 4. The van der Waals surface area contributed by atoms with E-state index in [1.54, 1.807) is 49.5 Å². The number of carbonyl (C=O) groups excluding carboxylic acids is 2. The Kier molecular flexibility index (Phi) is 4.38. The van der Waals surface area contributed by atoms with Crippen LogP contribution >= 0.6 is 0 Å². The molecule has 0 aliphatic heterocycles. The molecule has 0 bridgehead atoms. The van der Waals surface area contributed by atoms with Gasteiger partial charge in [0.15, 0.2) is 5.58 Å². The first-order chi connectivity index (χ1) is 11.9. The number of carbonyl (C=O) groups is 2. The van der Waals surface area contributed by atoms with E-state index in [1.165, 1.54) is 11.5 Å². The highest BCUT2D eigenvalue weighted by molar-refractivity contribution is 5.94. The van der Waals surface area contributed by atoms with Crippen LogP contribution in [0.4, 0.5) is 11.4 Å². The summed E-state index contributed by atoms with van der Waals surface area (Å²) < 4.78 is 6.47. The van der Waals surface area contributed by atoms with Crippen LogP contribution in [0.5, 0.6) is 0 Å². The van der Waals surface area contributed by atoms with Crippen LogP contribution in [0.1, 0.15) is 12.5 Å². The van der Waals surface area contributed by atoms with E-state index in [1.807, 2.05) is 0 Å². The Balaban J connectivity index is 1.73. The molecule has 7 heteroatoms. The molecule has 0 aliphatic rings. The molecule has 0 saturated carbocycles. The molecule has 2 amide bonds. The molecule has 0 fully saturated rings. The fourth-order valence-corrected chi connectivity index (χ4v) is 2.55. The lowest BCUT2D eigenvalue weighted by molar-refractivity contribution is -0.115. The standard InChI is InChI=1S/C18H17N3O4/c1-11(22)19-13-4-3-5-14(10-13)20-17(23)9-12-6-7-16-15(8-12)21(2)18(24)25-16/h3-8,10H,9H2,1-2H3,(H,19,22)(H,20,23). The Morgan fingerprint density at radius 3 is 2.52 bits per heavy atom. The first kappa shape index (κ1) is 16.5. The number of aromatic nitrogens is 1. The Bertz CT molecular complexity index is 1020. The zero-order valence-electron chi connectivity index (χ0n) is 13.8. The number of amides is 2. The molecule has 128 valence electrons. The third-order valence-electron chi connectivity index (χ3n) is 3.69. The van der Waals surface area contributed by atoms with Gasteiger partial charge in [-0.1, -0.05) is 12.1 Å². The van der Waals surface area contributed by atoms with E-state index < -0.39 is 5.76 Å². The summed E-state index contributed by atoms with van der Waals surface area (Å²) in [4.78, 5) is 34.9. The molecular weight excluding hydrogens is 322 g/mol. The maximum Gasteiger partial charge on any atom is 0.419 e. The van der Waals surface area contributed by atoms with Crippen LogP contribution in [0.3, 0.4) is 0 Å². The van der Waals surface area contributed by atoms with Crippen molar-refractivity contribution in [3.8, 4) is 0 Å². The Morgan fingerprint density at radius 2 is 1.80 bits per heavy atom. The van der Waals surface area contributed by atoms with Gasteiger partial charge in [0.05, 0.1) is 11.9 Å². The van der Waals surface area contributed by atoms with E-state index in [0.717, 1.165) is 5.56 Å². The fraction of sp³-hybridized carbons (Fsp3) is 0.167. The van der Waals surface area contributed by atoms with Crippen molar-refractivity contribution in [2.45, 2.75) is 13.3 Å². The zero-order chi connectivity index (χ0) is 18.0. The van der Waals surface area contributed by atoms with Gasteiger partial charge in [0.2, 0.25) is 11.8 Å². The van der Waals surface area contributed by atoms with Gasteiger partial charge in [0, 0.05) is 25.3 Å². The number of nitrogens with one attached hydrogen (secondary N) is 2. The second-order valence-corrected chi connectivity index (χ2v) is 5.72. The van der Waals surface area contributed by atoms with Crippen LogP contribution in [-0.4, -0.2) is 16.4 Å². The molecule has 0 spiro atoms. The van der Waals surface area contributed by atoms with Gasteiger partial charge < -0.3 is 15.1 Å². The number of hydrogen-bond acceptors (Lipinski definition) is 4. The second kappa shape index (κ2) is 6.64. The van der Waals surface area contributed by atoms with Crippen molar-refractivity contribution in [2.75, 3.05) is 10.6 Å². The zero-order valence-corrected chi connectivity index (χ0v) is 13.8. The number of oxazole rings is 1. The van der Waals surface area contributed by atoms with Gasteiger partial charge in [0.1, 0.15) is 0 Å². The van der Waals surface area contributed by atoms with Crippen molar-refractivity contribution in [3.63, 3.8) is 0 Å².